The number of methoxy groups -OCH3 is 1. The lowest BCUT2D eigenvalue weighted by atomic mass is 10.1. The number of fused-ring (bicyclic) bond motifs is 1. The van der Waals surface area contributed by atoms with Gasteiger partial charge in [-0.2, -0.15) is 0 Å². The molecule has 0 aliphatic rings. The maximum atomic E-state index is 11.5. The van der Waals surface area contributed by atoms with Crippen LogP contribution in [0.4, 0.5) is 0 Å². The summed E-state index contributed by atoms with van der Waals surface area (Å²) in [4.78, 5) is 24.0. The molecule has 2 heterocycles. The van der Waals surface area contributed by atoms with E-state index in [1.54, 1.807) is 12.4 Å². The quantitative estimate of drug-likeness (QED) is 0.695. The van der Waals surface area contributed by atoms with Crippen LogP contribution in [0.25, 0.3) is 10.9 Å². The molecule has 0 spiro atoms. The van der Waals surface area contributed by atoms with E-state index in [0.29, 0.717) is 17.1 Å². The molecule has 22 heavy (non-hydrogen) atoms. The van der Waals surface area contributed by atoms with Crippen molar-refractivity contribution in [3.63, 3.8) is 0 Å². The van der Waals surface area contributed by atoms with E-state index in [2.05, 4.69) is 19.7 Å². The van der Waals surface area contributed by atoms with Crippen molar-refractivity contribution in [1.82, 2.24) is 15.0 Å². The van der Waals surface area contributed by atoms with Gasteiger partial charge in [0.1, 0.15) is 0 Å². The molecule has 0 N–H and O–H groups in total. The molecule has 0 aliphatic carbocycles. The maximum Gasteiger partial charge on any atom is 0.358 e. The lowest BCUT2D eigenvalue weighted by molar-refractivity contribution is 0.0593. The van der Waals surface area contributed by atoms with Crippen LogP contribution in [-0.4, -0.2) is 28.0 Å². The molecule has 0 unspecified atom stereocenters. The fraction of sp³-hybridized carbons (Fsp3) is 0.125. The van der Waals surface area contributed by atoms with Crippen LogP contribution in [0.2, 0.25) is 5.02 Å². The van der Waals surface area contributed by atoms with E-state index >= 15 is 0 Å². The Labute approximate surface area is 132 Å². The Balaban J connectivity index is 1.91. The van der Waals surface area contributed by atoms with Gasteiger partial charge in [-0.05, 0) is 23.8 Å². The average molecular weight is 314 g/mol. The molecular weight excluding hydrogens is 302 g/mol. The first-order valence-electron chi connectivity index (χ1n) is 6.59. The van der Waals surface area contributed by atoms with Crippen LogP contribution in [0.15, 0.2) is 42.9 Å². The van der Waals surface area contributed by atoms with Gasteiger partial charge in [-0.3, -0.25) is 9.97 Å². The Morgan fingerprint density at radius 3 is 2.91 bits per heavy atom. The fourth-order valence-electron chi connectivity index (χ4n) is 2.17. The summed E-state index contributed by atoms with van der Waals surface area (Å²) in [5.41, 5.74) is 2.80. The van der Waals surface area contributed by atoms with Crippen LogP contribution < -0.4 is 0 Å². The number of aromatic nitrogens is 3. The second kappa shape index (κ2) is 6.07. The largest absolute Gasteiger partial charge is 0.464 e. The number of carbonyl (C=O) groups excluding carboxylic acids is 1. The van der Waals surface area contributed by atoms with Crippen molar-refractivity contribution in [3.05, 3.63) is 64.8 Å². The summed E-state index contributed by atoms with van der Waals surface area (Å²) in [7, 11) is 1.32. The lowest BCUT2D eigenvalue weighted by Crippen LogP contribution is -2.07. The van der Waals surface area contributed by atoms with E-state index in [9.17, 15) is 4.79 Å². The molecule has 0 atom stereocenters. The normalized spacial score (nSPS) is 10.6. The Hall–Kier alpha value is -2.53. The number of nitrogens with zero attached hydrogens (tertiary/aromatic N) is 3. The van der Waals surface area contributed by atoms with Gasteiger partial charge in [0.25, 0.3) is 0 Å². The molecule has 0 bridgehead atoms. The van der Waals surface area contributed by atoms with Gasteiger partial charge in [0.05, 0.1) is 29.5 Å². The van der Waals surface area contributed by atoms with E-state index < -0.39 is 5.97 Å². The minimum atomic E-state index is -0.496. The van der Waals surface area contributed by atoms with E-state index in [1.165, 1.54) is 13.3 Å². The van der Waals surface area contributed by atoms with Gasteiger partial charge in [0, 0.05) is 24.2 Å². The Kier molecular flexibility index (Phi) is 3.98. The standard InChI is InChI=1S/C16H12ClN3O2/c1-22-16(21)15-9-18-8-13(20-15)5-10-2-3-14-11(4-10)6-12(17)7-19-14/h2-4,6-9H,5H2,1H3. The summed E-state index contributed by atoms with van der Waals surface area (Å²) < 4.78 is 4.65. The third-order valence-corrected chi connectivity index (χ3v) is 3.38. The van der Waals surface area contributed by atoms with Crippen molar-refractivity contribution in [2.75, 3.05) is 7.11 Å². The lowest BCUT2D eigenvalue weighted by Gasteiger charge is -2.05. The van der Waals surface area contributed by atoms with E-state index in [1.807, 2.05) is 24.3 Å². The molecule has 0 saturated heterocycles. The molecule has 3 aromatic rings. The number of benzene rings is 1. The highest BCUT2D eigenvalue weighted by Crippen LogP contribution is 2.19. The van der Waals surface area contributed by atoms with Gasteiger partial charge in [0.2, 0.25) is 0 Å². The zero-order valence-electron chi connectivity index (χ0n) is 11.8. The number of ether oxygens (including phenoxy) is 1. The number of esters is 1. The third kappa shape index (κ3) is 3.04. The highest BCUT2D eigenvalue weighted by Gasteiger charge is 2.09. The predicted octanol–water partition coefficient (Wildman–Crippen LogP) is 3.06. The highest BCUT2D eigenvalue weighted by atomic mass is 35.5. The molecule has 5 nitrogen and oxygen atoms in total. The third-order valence-electron chi connectivity index (χ3n) is 3.18. The van der Waals surface area contributed by atoms with Gasteiger partial charge >= 0.3 is 5.97 Å². The van der Waals surface area contributed by atoms with Crippen molar-refractivity contribution in [3.8, 4) is 0 Å². The van der Waals surface area contributed by atoms with Crippen molar-refractivity contribution < 1.29 is 9.53 Å². The van der Waals surface area contributed by atoms with Crippen LogP contribution in [0, 0.1) is 0 Å². The number of hydrogen-bond donors (Lipinski definition) is 0. The van der Waals surface area contributed by atoms with Crippen molar-refractivity contribution in [2.45, 2.75) is 6.42 Å². The van der Waals surface area contributed by atoms with Crippen LogP contribution in [0.1, 0.15) is 21.7 Å². The molecule has 0 radical (unpaired) electrons. The summed E-state index contributed by atoms with van der Waals surface area (Å²) in [6, 6.07) is 7.76. The molecule has 2 aromatic heterocycles. The minimum absolute atomic E-state index is 0.200. The van der Waals surface area contributed by atoms with Gasteiger partial charge in [-0.1, -0.05) is 17.7 Å². The number of hydrogen-bond acceptors (Lipinski definition) is 5. The van der Waals surface area contributed by atoms with Gasteiger partial charge in [-0.15, -0.1) is 0 Å². The molecule has 6 heteroatoms. The van der Waals surface area contributed by atoms with Gasteiger partial charge in [0.15, 0.2) is 5.69 Å². The zero-order valence-corrected chi connectivity index (χ0v) is 12.5. The Bertz CT molecular complexity index is 852. The molecule has 0 saturated carbocycles. The molecule has 0 fully saturated rings. The first kappa shape index (κ1) is 14.4. The summed E-state index contributed by atoms with van der Waals surface area (Å²) in [5.74, 6) is -0.496. The first-order chi connectivity index (χ1) is 10.7. The molecular formula is C16H12ClN3O2. The first-order valence-corrected chi connectivity index (χ1v) is 6.97. The van der Waals surface area contributed by atoms with Crippen molar-refractivity contribution >= 4 is 28.5 Å². The summed E-state index contributed by atoms with van der Waals surface area (Å²) in [5, 5.41) is 1.55. The van der Waals surface area contributed by atoms with E-state index in [4.69, 9.17) is 11.6 Å². The second-order valence-corrected chi connectivity index (χ2v) is 5.18. The zero-order chi connectivity index (χ0) is 15.5. The number of pyridine rings is 1. The molecule has 0 aliphatic heterocycles. The van der Waals surface area contributed by atoms with Crippen LogP contribution in [0.3, 0.4) is 0 Å². The van der Waals surface area contributed by atoms with E-state index in [-0.39, 0.29) is 5.69 Å². The monoisotopic (exact) mass is 313 g/mol. The SMILES string of the molecule is COC(=O)c1cncc(Cc2ccc3ncc(Cl)cc3c2)n1. The molecule has 110 valence electrons. The number of halogens is 1. The van der Waals surface area contributed by atoms with Gasteiger partial charge in [-0.25, -0.2) is 9.78 Å². The van der Waals surface area contributed by atoms with Crippen LogP contribution in [0.5, 0.6) is 0 Å². The number of carbonyl (C=O) groups is 1. The van der Waals surface area contributed by atoms with Crippen LogP contribution in [-0.2, 0) is 11.2 Å². The summed E-state index contributed by atoms with van der Waals surface area (Å²) in [6.07, 6.45) is 5.20. The molecule has 3 rings (SSSR count). The average Bonchev–Trinajstić information content (AvgIpc) is 2.54. The predicted molar refractivity (Wildman–Crippen MR) is 82.9 cm³/mol. The van der Waals surface area contributed by atoms with E-state index in [0.717, 1.165) is 16.5 Å². The van der Waals surface area contributed by atoms with Crippen molar-refractivity contribution in [1.29, 1.82) is 0 Å². The highest BCUT2D eigenvalue weighted by molar-refractivity contribution is 6.31. The summed E-state index contributed by atoms with van der Waals surface area (Å²) in [6.45, 7) is 0. The Morgan fingerprint density at radius 2 is 2.09 bits per heavy atom. The molecule has 1 aromatic carbocycles. The smallest absolute Gasteiger partial charge is 0.358 e. The second-order valence-electron chi connectivity index (χ2n) is 4.74. The topological polar surface area (TPSA) is 65.0 Å². The minimum Gasteiger partial charge on any atom is -0.464 e. The molecule has 0 amide bonds. The van der Waals surface area contributed by atoms with Gasteiger partial charge < -0.3 is 4.74 Å². The summed E-state index contributed by atoms with van der Waals surface area (Å²) >= 11 is 5.97. The number of rotatable bonds is 3. The Morgan fingerprint density at radius 1 is 1.23 bits per heavy atom. The van der Waals surface area contributed by atoms with Crippen LogP contribution >= 0.6 is 11.6 Å². The van der Waals surface area contributed by atoms with Crippen molar-refractivity contribution in [2.24, 2.45) is 0 Å². The fourth-order valence-corrected chi connectivity index (χ4v) is 2.33. The maximum absolute atomic E-state index is 11.5.